The fraction of sp³-hybridized carbons (Fsp3) is 1.00. The van der Waals surface area contributed by atoms with E-state index in [4.69, 9.17) is 0 Å². The van der Waals surface area contributed by atoms with Gasteiger partial charge in [-0.05, 0) is 23.7 Å². The summed E-state index contributed by atoms with van der Waals surface area (Å²) in [6.07, 6.45) is 5.77. The van der Waals surface area contributed by atoms with E-state index < -0.39 is 0 Å². The minimum atomic E-state index is 0.940. The van der Waals surface area contributed by atoms with Crippen molar-refractivity contribution in [3.63, 3.8) is 0 Å². The van der Waals surface area contributed by atoms with Crippen LogP contribution in [-0.2, 0) is 0 Å². The highest BCUT2D eigenvalue weighted by molar-refractivity contribution is 4.80. The van der Waals surface area contributed by atoms with E-state index in [-0.39, 0.29) is 0 Å². The molecule has 14 heavy (non-hydrogen) atoms. The Morgan fingerprint density at radius 3 is 1.86 bits per heavy atom. The Labute approximate surface area is 91.5 Å². The second kappa shape index (κ2) is 7.31. The Morgan fingerprint density at radius 1 is 1.07 bits per heavy atom. The summed E-state index contributed by atoms with van der Waals surface area (Å²) in [6.45, 7) is 13.7. The van der Waals surface area contributed by atoms with Crippen LogP contribution in [0.25, 0.3) is 0 Å². The first-order valence-electron chi connectivity index (χ1n) is 6.66. The van der Waals surface area contributed by atoms with Gasteiger partial charge in [-0.1, -0.05) is 67.2 Å². The molecule has 0 aromatic heterocycles. The van der Waals surface area contributed by atoms with E-state index in [1.165, 1.54) is 25.7 Å². The molecule has 0 aromatic carbocycles. The van der Waals surface area contributed by atoms with Crippen LogP contribution in [0.15, 0.2) is 0 Å². The maximum atomic E-state index is 2.45. The third-order valence-corrected chi connectivity index (χ3v) is 3.93. The quantitative estimate of drug-likeness (QED) is 0.577. The molecular weight excluding hydrogens is 168 g/mol. The van der Waals surface area contributed by atoms with E-state index in [1.807, 2.05) is 13.8 Å². The zero-order valence-corrected chi connectivity index (χ0v) is 11.1. The standard InChI is InChI=1S/C12H24.C2H6/c1-5-9(2)12-10(3)7-6-8-11(12)4;1-2/h9-12H,5-8H2,1-4H3;1-2H3. The monoisotopic (exact) mass is 198 g/mol. The lowest BCUT2D eigenvalue weighted by molar-refractivity contribution is 0.118. The summed E-state index contributed by atoms with van der Waals surface area (Å²) in [4.78, 5) is 0. The topological polar surface area (TPSA) is 0 Å². The van der Waals surface area contributed by atoms with Crippen molar-refractivity contribution in [1.29, 1.82) is 0 Å². The average Bonchev–Trinajstić information content (AvgIpc) is 2.20. The maximum absolute atomic E-state index is 2.45. The van der Waals surface area contributed by atoms with Crippen LogP contribution in [0.5, 0.6) is 0 Å². The van der Waals surface area contributed by atoms with Gasteiger partial charge in [-0.2, -0.15) is 0 Å². The molecule has 0 amide bonds. The van der Waals surface area contributed by atoms with Crippen molar-refractivity contribution in [2.24, 2.45) is 23.7 Å². The van der Waals surface area contributed by atoms with Gasteiger partial charge >= 0.3 is 0 Å². The lowest BCUT2D eigenvalue weighted by Gasteiger charge is -2.38. The first-order valence-corrected chi connectivity index (χ1v) is 6.66. The highest BCUT2D eigenvalue weighted by atomic mass is 14.4. The largest absolute Gasteiger partial charge is 0.0683 e. The zero-order valence-electron chi connectivity index (χ0n) is 11.1. The third-order valence-electron chi connectivity index (χ3n) is 3.93. The molecule has 0 heteroatoms. The molecule has 1 aliphatic carbocycles. The summed E-state index contributed by atoms with van der Waals surface area (Å²) in [7, 11) is 0. The lowest BCUT2D eigenvalue weighted by Crippen LogP contribution is -2.29. The first kappa shape index (κ1) is 14.0. The van der Waals surface area contributed by atoms with Crippen molar-refractivity contribution in [3.8, 4) is 0 Å². The molecule has 0 radical (unpaired) electrons. The fourth-order valence-electron chi connectivity index (χ4n) is 3.10. The van der Waals surface area contributed by atoms with Gasteiger partial charge in [0.05, 0.1) is 0 Å². The molecule has 1 saturated carbocycles. The van der Waals surface area contributed by atoms with Gasteiger partial charge in [-0.3, -0.25) is 0 Å². The van der Waals surface area contributed by atoms with Crippen molar-refractivity contribution in [3.05, 3.63) is 0 Å². The Bertz CT molecular complexity index is 112. The molecular formula is C14H30. The van der Waals surface area contributed by atoms with Gasteiger partial charge in [0.1, 0.15) is 0 Å². The van der Waals surface area contributed by atoms with E-state index in [2.05, 4.69) is 27.7 Å². The van der Waals surface area contributed by atoms with E-state index in [0.717, 1.165) is 23.7 Å². The van der Waals surface area contributed by atoms with E-state index >= 15 is 0 Å². The Hall–Kier alpha value is 0. The SMILES string of the molecule is CC.CCC(C)C1C(C)CCCC1C. The van der Waals surface area contributed by atoms with Gasteiger partial charge in [0.25, 0.3) is 0 Å². The van der Waals surface area contributed by atoms with Gasteiger partial charge in [0, 0.05) is 0 Å². The molecule has 0 heterocycles. The zero-order chi connectivity index (χ0) is 11.1. The van der Waals surface area contributed by atoms with Gasteiger partial charge in [-0.25, -0.2) is 0 Å². The molecule has 0 aliphatic heterocycles. The van der Waals surface area contributed by atoms with Crippen LogP contribution in [0, 0.1) is 23.7 Å². The molecule has 0 saturated heterocycles. The summed E-state index contributed by atoms with van der Waals surface area (Å²) in [6, 6.07) is 0. The summed E-state index contributed by atoms with van der Waals surface area (Å²) in [5.74, 6) is 3.89. The first-order chi connectivity index (χ1) is 6.66. The number of hydrogen-bond donors (Lipinski definition) is 0. The van der Waals surface area contributed by atoms with Crippen LogP contribution in [-0.4, -0.2) is 0 Å². The molecule has 3 atom stereocenters. The molecule has 0 nitrogen and oxygen atoms in total. The molecule has 0 spiro atoms. The van der Waals surface area contributed by atoms with Crippen LogP contribution < -0.4 is 0 Å². The maximum Gasteiger partial charge on any atom is -0.0337 e. The van der Waals surface area contributed by atoms with Crippen molar-refractivity contribution in [2.45, 2.75) is 67.2 Å². The van der Waals surface area contributed by atoms with Crippen LogP contribution in [0.2, 0.25) is 0 Å². The number of hydrogen-bond acceptors (Lipinski definition) is 0. The summed E-state index contributed by atoms with van der Waals surface area (Å²) >= 11 is 0. The lowest BCUT2D eigenvalue weighted by atomic mass is 9.67. The van der Waals surface area contributed by atoms with E-state index in [9.17, 15) is 0 Å². The van der Waals surface area contributed by atoms with Gasteiger partial charge in [0.2, 0.25) is 0 Å². The summed E-state index contributed by atoms with van der Waals surface area (Å²) < 4.78 is 0. The van der Waals surface area contributed by atoms with E-state index in [0.29, 0.717) is 0 Å². The highest BCUT2D eigenvalue weighted by Gasteiger charge is 2.30. The normalized spacial score (nSPS) is 34.3. The van der Waals surface area contributed by atoms with Crippen LogP contribution in [0.1, 0.15) is 67.2 Å². The smallest absolute Gasteiger partial charge is 0.0337 e. The molecule has 1 fully saturated rings. The summed E-state index contributed by atoms with van der Waals surface area (Å²) in [5.41, 5.74) is 0. The molecule has 0 bridgehead atoms. The highest BCUT2D eigenvalue weighted by Crippen LogP contribution is 2.39. The fourth-order valence-corrected chi connectivity index (χ4v) is 3.10. The third kappa shape index (κ3) is 3.63. The van der Waals surface area contributed by atoms with Gasteiger partial charge in [0.15, 0.2) is 0 Å². The minimum absolute atomic E-state index is 0.940. The van der Waals surface area contributed by atoms with Gasteiger partial charge < -0.3 is 0 Å². The number of rotatable bonds is 2. The van der Waals surface area contributed by atoms with Crippen LogP contribution in [0.3, 0.4) is 0 Å². The van der Waals surface area contributed by atoms with Crippen molar-refractivity contribution >= 4 is 0 Å². The van der Waals surface area contributed by atoms with Crippen LogP contribution in [0.4, 0.5) is 0 Å². The molecule has 0 aromatic rings. The average molecular weight is 198 g/mol. The Kier molecular flexibility index (Phi) is 7.31. The van der Waals surface area contributed by atoms with Crippen LogP contribution >= 0.6 is 0 Å². The molecule has 86 valence electrons. The Morgan fingerprint density at radius 2 is 1.50 bits per heavy atom. The molecule has 1 aliphatic rings. The predicted molar refractivity (Wildman–Crippen MR) is 66.5 cm³/mol. The molecule has 0 N–H and O–H groups in total. The summed E-state index contributed by atoms with van der Waals surface area (Å²) in [5, 5.41) is 0. The van der Waals surface area contributed by atoms with Crippen molar-refractivity contribution < 1.29 is 0 Å². The second-order valence-electron chi connectivity index (χ2n) is 4.85. The van der Waals surface area contributed by atoms with Crippen molar-refractivity contribution in [2.75, 3.05) is 0 Å². The van der Waals surface area contributed by atoms with Gasteiger partial charge in [-0.15, -0.1) is 0 Å². The second-order valence-corrected chi connectivity index (χ2v) is 4.85. The van der Waals surface area contributed by atoms with Crippen molar-refractivity contribution in [1.82, 2.24) is 0 Å². The predicted octanol–water partition coefficient (Wildman–Crippen LogP) is 5.13. The Balaban J connectivity index is 0.000000791. The molecule has 1 rings (SSSR count). The molecule has 3 unspecified atom stereocenters. The minimum Gasteiger partial charge on any atom is -0.0683 e. The van der Waals surface area contributed by atoms with E-state index in [1.54, 1.807) is 0 Å².